The van der Waals surface area contributed by atoms with Gasteiger partial charge in [0.15, 0.2) is 0 Å². The Morgan fingerprint density at radius 1 is 1.32 bits per heavy atom. The minimum atomic E-state index is -0.414. The molecule has 1 aliphatic heterocycles. The average molecular weight is 320 g/mol. The van der Waals surface area contributed by atoms with Gasteiger partial charge in [-0.3, -0.25) is 14.9 Å². The number of aromatic nitrogens is 2. The fourth-order valence-corrected chi connectivity index (χ4v) is 2.64. The maximum atomic E-state index is 11.9. The molecule has 0 saturated carbocycles. The van der Waals surface area contributed by atoms with Gasteiger partial charge in [0.1, 0.15) is 0 Å². The van der Waals surface area contributed by atoms with Gasteiger partial charge >= 0.3 is 0 Å². The first kappa shape index (κ1) is 12.2. The summed E-state index contributed by atoms with van der Waals surface area (Å²) in [5.74, 6) is -0.933. The van der Waals surface area contributed by atoms with E-state index in [-0.39, 0.29) is 11.8 Å². The van der Waals surface area contributed by atoms with Crippen LogP contribution in [0.5, 0.6) is 0 Å². The first-order valence-corrected chi connectivity index (χ1v) is 6.69. The lowest BCUT2D eigenvalue weighted by atomic mass is 9.92. The van der Waals surface area contributed by atoms with Gasteiger partial charge < -0.3 is 0 Å². The van der Waals surface area contributed by atoms with E-state index in [4.69, 9.17) is 0 Å². The topological polar surface area (TPSA) is 72.0 Å². The van der Waals surface area contributed by atoms with E-state index < -0.39 is 5.92 Å². The number of halogens is 1. The second kappa shape index (κ2) is 4.70. The Balaban J connectivity index is 2.12. The fourth-order valence-electron chi connectivity index (χ4n) is 2.28. The molecule has 2 amide bonds. The molecule has 0 aliphatic carbocycles. The van der Waals surface area contributed by atoms with Gasteiger partial charge in [0.25, 0.3) is 0 Å². The average Bonchev–Trinajstić information content (AvgIpc) is 2.38. The lowest BCUT2D eigenvalue weighted by molar-refractivity contribution is -0.134. The smallest absolute Gasteiger partial charge is 0.235 e. The van der Waals surface area contributed by atoms with E-state index in [2.05, 4.69) is 31.4 Å². The van der Waals surface area contributed by atoms with Crippen molar-refractivity contribution in [3.05, 3.63) is 34.6 Å². The number of benzene rings is 1. The summed E-state index contributed by atoms with van der Waals surface area (Å²) in [6, 6.07) is 5.75. The highest BCUT2D eigenvalue weighted by molar-refractivity contribution is 9.10. The molecule has 1 atom stereocenters. The third-order valence-corrected chi connectivity index (χ3v) is 3.72. The van der Waals surface area contributed by atoms with Crippen molar-refractivity contribution in [2.24, 2.45) is 0 Å². The number of carbonyl (C=O) groups is 2. The van der Waals surface area contributed by atoms with Gasteiger partial charge in [0.2, 0.25) is 11.8 Å². The van der Waals surface area contributed by atoms with Crippen LogP contribution in [0.15, 0.2) is 28.9 Å². The first-order valence-electron chi connectivity index (χ1n) is 5.89. The molecule has 0 radical (unpaired) electrons. The summed E-state index contributed by atoms with van der Waals surface area (Å²) in [6.07, 6.45) is 2.48. The van der Waals surface area contributed by atoms with Crippen molar-refractivity contribution in [3.8, 4) is 0 Å². The van der Waals surface area contributed by atoms with Gasteiger partial charge in [-0.25, -0.2) is 0 Å². The van der Waals surface area contributed by atoms with Gasteiger partial charge in [-0.15, -0.1) is 0 Å². The summed E-state index contributed by atoms with van der Waals surface area (Å²) >= 11 is 3.41. The summed E-state index contributed by atoms with van der Waals surface area (Å²) in [4.78, 5) is 23.1. The summed E-state index contributed by atoms with van der Waals surface area (Å²) in [5, 5.41) is 12.2. The lowest BCUT2D eigenvalue weighted by Gasteiger charge is -2.20. The number of rotatable bonds is 1. The van der Waals surface area contributed by atoms with Crippen LogP contribution in [0.4, 0.5) is 0 Å². The number of amides is 2. The normalized spacial score (nSPS) is 19.5. The highest BCUT2D eigenvalue weighted by Gasteiger charge is 2.30. The molecular weight excluding hydrogens is 310 g/mol. The van der Waals surface area contributed by atoms with Crippen LogP contribution in [0.3, 0.4) is 0 Å². The molecule has 1 aliphatic rings. The molecule has 2 heterocycles. The molecule has 2 aromatic rings. The zero-order valence-corrected chi connectivity index (χ0v) is 11.5. The molecule has 1 saturated heterocycles. The molecule has 1 aromatic heterocycles. The van der Waals surface area contributed by atoms with Gasteiger partial charge in [-0.2, -0.15) is 10.2 Å². The van der Waals surface area contributed by atoms with E-state index in [1.165, 1.54) is 0 Å². The molecule has 5 nitrogen and oxygen atoms in total. The van der Waals surface area contributed by atoms with Gasteiger partial charge in [0.05, 0.1) is 17.8 Å². The number of carbonyl (C=O) groups excluding carboxylic acids is 2. The first-order chi connectivity index (χ1) is 9.15. The van der Waals surface area contributed by atoms with E-state index in [1.807, 2.05) is 18.2 Å². The van der Waals surface area contributed by atoms with Crippen LogP contribution >= 0.6 is 15.9 Å². The molecular formula is C13H10BrN3O2. The van der Waals surface area contributed by atoms with Crippen molar-refractivity contribution >= 4 is 38.5 Å². The molecule has 1 aromatic carbocycles. The third kappa shape index (κ3) is 2.23. The van der Waals surface area contributed by atoms with E-state index in [9.17, 15) is 9.59 Å². The number of nitrogens with zero attached hydrogens (tertiary/aromatic N) is 2. The molecule has 1 N–H and O–H groups in total. The minimum absolute atomic E-state index is 0.226. The quantitative estimate of drug-likeness (QED) is 0.815. The Hall–Kier alpha value is -1.82. The Labute approximate surface area is 117 Å². The van der Waals surface area contributed by atoms with Crippen LogP contribution in [-0.4, -0.2) is 22.0 Å². The molecule has 3 rings (SSSR count). The number of imide groups is 1. The number of piperidine rings is 1. The second-order valence-electron chi connectivity index (χ2n) is 4.47. The van der Waals surface area contributed by atoms with Crippen LogP contribution in [0.1, 0.15) is 24.5 Å². The Bertz CT molecular complexity index is 687. The monoisotopic (exact) mass is 319 g/mol. The van der Waals surface area contributed by atoms with Crippen LogP contribution in [0.25, 0.3) is 10.8 Å². The summed E-state index contributed by atoms with van der Waals surface area (Å²) in [7, 11) is 0. The SMILES string of the molecule is O=C1CCC(c2nncc3ccc(Br)cc23)C(=O)N1. The van der Waals surface area contributed by atoms with E-state index in [0.717, 1.165) is 15.2 Å². The molecule has 6 heteroatoms. The Morgan fingerprint density at radius 2 is 2.16 bits per heavy atom. The number of nitrogens with one attached hydrogen (secondary N) is 1. The molecule has 96 valence electrons. The predicted octanol–water partition coefficient (Wildman–Crippen LogP) is 1.91. The number of hydrogen-bond donors (Lipinski definition) is 1. The third-order valence-electron chi connectivity index (χ3n) is 3.22. The Kier molecular flexibility index (Phi) is 3.02. The van der Waals surface area contributed by atoms with Crippen molar-refractivity contribution in [2.45, 2.75) is 18.8 Å². The van der Waals surface area contributed by atoms with Gasteiger partial charge in [-0.05, 0) is 18.6 Å². The minimum Gasteiger partial charge on any atom is -0.296 e. The summed E-state index contributed by atoms with van der Waals surface area (Å²) < 4.78 is 0.918. The fraction of sp³-hybridized carbons (Fsp3) is 0.231. The molecule has 1 unspecified atom stereocenters. The van der Waals surface area contributed by atoms with Gasteiger partial charge in [0, 0.05) is 21.7 Å². The maximum Gasteiger partial charge on any atom is 0.235 e. The van der Waals surface area contributed by atoms with Crippen LogP contribution < -0.4 is 5.32 Å². The molecule has 0 bridgehead atoms. The van der Waals surface area contributed by atoms with Crippen molar-refractivity contribution in [2.75, 3.05) is 0 Å². The van der Waals surface area contributed by atoms with Crippen molar-refractivity contribution in [1.29, 1.82) is 0 Å². The van der Waals surface area contributed by atoms with Crippen molar-refractivity contribution < 1.29 is 9.59 Å². The van der Waals surface area contributed by atoms with Crippen LogP contribution in [0, 0.1) is 0 Å². The second-order valence-corrected chi connectivity index (χ2v) is 5.38. The van der Waals surface area contributed by atoms with Crippen molar-refractivity contribution in [3.63, 3.8) is 0 Å². The Morgan fingerprint density at radius 3 is 2.95 bits per heavy atom. The van der Waals surface area contributed by atoms with E-state index in [1.54, 1.807) is 6.20 Å². The largest absolute Gasteiger partial charge is 0.296 e. The number of hydrogen-bond acceptors (Lipinski definition) is 4. The predicted molar refractivity (Wildman–Crippen MR) is 72.4 cm³/mol. The van der Waals surface area contributed by atoms with Crippen LogP contribution in [-0.2, 0) is 9.59 Å². The summed E-state index contributed by atoms with van der Waals surface area (Å²) in [6.45, 7) is 0. The molecule has 1 fully saturated rings. The lowest BCUT2D eigenvalue weighted by Crippen LogP contribution is -2.39. The molecule has 19 heavy (non-hydrogen) atoms. The van der Waals surface area contributed by atoms with Gasteiger partial charge in [-0.1, -0.05) is 22.0 Å². The van der Waals surface area contributed by atoms with Crippen LogP contribution in [0.2, 0.25) is 0 Å². The highest BCUT2D eigenvalue weighted by atomic mass is 79.9. The van der Waals surface area contributed by atoms with E-state index in [0.29, 0.717) is 18.5 Å². The number of fused-ring (bicyclic) bond motifs is 1. The van der Waals surface area contributed by atoms with Crippen molar-refractivity contribution in [1.82, 2.24) is 15.5 Å². The van der Waals surface area contributed by atoms with E-state index >= 15 is 0 Å². The summed E-state index contributed by atoms with van der Waals surface area (Å²) in [5.41, 5.74) is 0.629. The molecule has 0 spiro atoms. The zero-order chi connectivity index (χ0) is 13.4. The standard InChI is InChI=1S/C13H10BrN3O2/c14-8-2-1-7-6-15-17-12(10(7)5-8)9-3-4-11(18)16-13(9)19/h1-2,5-6,9H,3-4H2,(H,16,18,19). The maximum absolute atomic E-state index is 11.9. The zero-order valence-electron chi connectivity index (χ0n) is 9.89. The highest BCUT2D eigenvalue weighted by Crippen LogP contribution is 2.30.